The maximum atomic E-state index is 13.0. The zero-order valence-corrected chi connectivity index (χ0v) is 25.9. The van der Waals surface area contributed by atoms with E-state index < -0.39 is 23.4 Å². The Morgan fingerprint density at radius 3 is 1.37 bits per heavy atom. The molecule has 210 valence electrons. The second-order valence-electron chi connectivity index (χ2n) is 10.4. The van der Waals surface area contributed by atoms with Crippen molar-refractivity contribution < 1.29 is 19.1 Å². The number of nitrogens with two attached hydrogens (primary N) is 2. The summed E-state index contributed by atoms with van der Waals surface area (Å²) in [5, 5.41) is 5.17. The van der Waals surface area contributed by atoms with Crippen molar-refractivity contribution in [2.75, 3.05) is 26.2 Å². The normalized spacial score (nSPS) is 11.6. The van der Waals surface area contributed by atoms with Gasteiger partial charge in [-0.15, -0.1) is 22.7 Å². The first kappa shape index (κ1) is 31.8. The summed E-state index contributed by atoms with van der Waals surface area (Å²) in [7, 11) is 0. The van der Waals surface area contributed by atoms with Crippen molar-refractivity contribution in [3.05, 3.63) is 32.2 Å². The lowest BCUT2D eigenvalue weighted by Crippen LogP contribution is -2.45. The lowest BCUT2D eigenvalue weighted by Gasteiger charge is -2.31. The van der Waals surface area contributed by atoms with E-state index in [0.717, 1.165) is 10.0 Å². The summed E-state index contributed by atoms with van der Waals surface area (Å²) in [6.07, 6.45) is 0.0160. The molecule has 0 spiro atoms. The molecule has 2 rings (SSSR count). The molecule has 4 N–H and O–H groups in total. The molecule has 0 fully saturated rings. The first-order valence-electron chi connectivity index (χ1n) is 12.0. The third-order valence-electron chi connectivity index (χ3n) is 4.74. The van der Waals surface area contributed by atoms with Crippen LogP contribution in [0.25, 0.3) is 0 Å². The Bertz CT molecular complexity index is 1050. The lowest BCUT2D eigenvalue weighted by molar-refractivity contribution is 0.0137. The average molecular weight is 601 g/mol. The molecule has 0 saturated carbocycles. The molecule has 14 heteroatoms. The molecule has 0 aromatic carbocycles. The van der Waals surface area contributed by atoms with E-state index in [2.05, 4.69) is 9.97 Å². The minimum absolute atomic E-state index is 0.227. The smallest absolute Gasteiger partial charge is 0.410 e. The SMILES string of the molecule is CC(C)(C)OC(=O)N(CCc1nc(C(N)=S)cs1)CCN(CCc1nc(C(N)=S)cs1)C(=O)OC(C)(C)C. The molecule has 2 heterocycles. The Hall–Kier alpha value is -2.42. The highest BCUT2D eigenvalue weighted by atomic mass is 32.1. The van der Waals surface area contributed by atoms with Gasteiger partial charge in [0.25, 0.3) is 0 Å². The molecule has 2 aromatic rings. The summed E-state index contributed by atoms with van der Waals surface area (Å²) in [6, 6.07) is 0. The zero-order valence-electron chi connectivity index (χ0n) is 22.6. The summed E-state index contributed by atoms with van der Waals surface area (Å²) in [4.78, 5) is 38.5. The molecule has 0 radical (unpaired) electrons. The quantitative estimate of drug-likeness (QED) is 0.362. The van der Waals surface area contributed by atoms with Gasteiger partial charge in [0.15, 0.2) is 0 Å². The number of thiazole rings is 2. The summed E-state index contributed by atoms with van der Waals surface area (Å²) in [6.45, 7) is 12.0. The van der Waals surface area contributed by atoms with Crippen LogP contribution in [0.3, 0.4) is 0 Å². The van der Waals surface area contributed by atoms with Crippen LogP contribution in [0.4, 0.5) is 9.59 Å². The number of carbonyl (C=O) groups excluding carboxylic acids is 2. The predicted molar refractivity (Wildman–Crippen MR) is 159 cm³/mol. The van der Waals surface area contributed by atoms with Crippen LogP contribution in [-0.4, -0.2) is 79.3 Å². The lowest BCUT2D eigenvalue weighted by atomic mass is 10.2. The molecule has 2 aromatic heterocycles. The Morgan fingerprint density at radius 2 is 1.11 bits per heavy atom. The maximum Gasteiger partial charge on any atom is 0.410 e. The molecule has 0 bridgehead atoms. The highest BCUT2D eigenvalue weighted by Gasteiger charge is 2.26. The summed E-state index contributed by atoms with van der Waals surface area (Å²) in [5.74, 6) is 0. The van der Waals surface area contributed by atoms with E-state index >= 15 is 0 Å². The van der Waals surface area contributed by atoms with Crippen LogP contribution in [-0.2, 0) is 22.3 Å². The van der Waals surface area contributed by atoms with Gasteiger partial charge in [0.1, 0.15) is 32.6 Å². The maximum absolute atomic E-state index is 13.0. The molecule has 2 amide bonds. The van der Waals surface area contributed by atoms with Crippen molar-refractivity contribution in [1.82, 2.24) is 19.8 Å². The molecular formula is C24H36N6O4S4. The van der Waals surface area contributed by atoms with Crippen molar-refractivity contribution in [2.45, 2.75) is 65.6 Å². The largest absolute Gasteiger partial charge is 0.444 e. The predicted octanol–water partition coefficient (Wildman–Crippen LogP) is 4.13. The zero-order chi connectivity index (χ0) is 28.7. The Labute approximate surface area is 242 Å². The number of hydrogen-bond acceptors (Lipinski definition) is 10. The van der Waals surface area contributed by atoms with Crippen LogP contribution in [0.15, 0.2) is 10.8 Å². The molecule has 0 aliphatic carbocycles. The van der Waals surface area contributed by atoms with Gasteiger partial charge in [-0.2, -0.15) is 0 Å². The molecular weight excluding hydrogens is 565 g/mol. The second kappa shape index (κ2) is 13.6. The third kappa shape index (κ3) is 11.1. The standard InChI is InChI=1S/C24H36N6O4S4/c1-23(2,3)33-21(31)29(9-7-17-27-15(13-37-17)19(25)35)11-12-30(22(32)34-24(4,5)6)10-8-18-28-16(14-38-18)20(26)36/h13-14H,7-12H2,1-6H3,(H2,25,35)(H2,26,36). The van der Waals surface area contributed by atoms with Gasteiger partial charge in [0, 0.05) is 49.8 Å². The van der Waals surface area contributed by atoms with Crippen LogP contribution in [0.5, 0.6) is 0 Å². The number of carbonyl (C=O) groups is 2. The average Bonchev–Trinajstić information content (AvgIpc) is 3.43. The summed E-state index contributed by atoms with van der Waals surface area (Å²) >= 11 is 12.8. The first-order chi connectivity index (χ1) is 17.5. The molecule has 0 aliphatic heterocycles. The monoisotopic (exact) mass is 600 g/mol. The van der Waals surface area contributed by atoms with Gasteiger partial charge in [-0.05, 0) is 41.5 Å². The van der Waals surface area contributed by atoms with Crippen molar-refractivity contribution in [1.29, 1.82) is 0 Å². The van der Waals surface area contributed by atoms with E-state index in [1.807, 2.05) is 0 Å². The number of aromatic nitrogens is 2. The summed E-state index contributed by atoms with van der Waals surface area (Å²) < 4.78 is 11.2. The Balaban J connectivity index is 2.15. The Morgan fingerprint density at radius 1 is 0.763 bits per heavy atom. The van der Waals surface area contributed by atoms with Crippen molar-refractivity contribution in [3.8, 4) is 0 Å². The second-order valence-corrected chi connectivity index (χ2v) is 13.2. The van der Waals surface area contributed by atoms with Crippen LogP contribution in [0.1, 0.15) is 62.9 Å². The van der Waals surface area contributed by atoms with E-state index in [1.54, 1.807) is 62.1 Å². The van der Waals surface area contributed by atoms with Crippen molar-refractivity contribution in [2.24, 2.45) is 11.5 Å². The number of thiocarbonyl (C=S) groups is 2. The van der Waals surface area contributed by atoms with Crippen LogP contribution in [0.2, 0.25) is 0 Å². The van der Waals surface area contributed by atoms with Gasteiger partial charge in [-0.25, -0.2) is 19.6 Å². The number of hydrogen-bond donors (Lipinski definition) is 2. The highest BCUT2D eigenvalue weighted by molar-refractivity contribution is 7.80. The molecule has 38 heavy (non-hydrogen) atoms. The third-order valence-corrected chi connectivity index (χ3v) is 6.98. The van der Waals surface area contributed by atoms with E-state index in [1.165, 1.54) is 22.7 Å². The molecule has 0 atom stereocenters. The van der Waals surface area contributed by atoms with Gasteiger partial charge < -0.3 is 30.7 Å². The van der Waals surface area contributed by atoms with E-state index in [0.29, 0.717) is 37.3 Å². The fraction of sp³-hybridized carbons (Fsp3) is 0.583. The fourth-order valence-corrected chi connectivity index (χ4v) is 4.96. The number of nitrogens with zero attached hydrogens (tertiary/aromatic N) is 4. The summed E-state index contributed by atoms with van der Waals surface area (Å²) in [5.41, 5.74) is 11.1. The minimum Gasteiger partial charge on any atom is -0.444 e. The molecule has 0 aliphatic rings. The minimum atomic E-state index is -0.674. The number of ether oxygens (including phenoxy) is 2. The molecule has 0 unspecified atom stereocenters. The first-order valence-corrected chi connectivity index (χ1v) is 14.6. The van der Waals surface area contributed by atoms with Crippen molar-refractivity contribution in [3.63, 3.8) is 0 Å². The Kier molecular flexibility index (Phi) is 11.4. The molecule has 0 saturated heterocycles. The van der Waals surface area contributed by atoms with E-state index in [4.69, 9.17) is 45.4 Å². The van der Waals surface area contributed by atoms with Crippen molar-refractivity contribution >= 4 is 69.3 Å². The van der Waals surface area contributed by atoms with Gasteiger partial charge >= 0.3 is 12.2 Å². The van der Waals surface area contributed by atoms with Crippen LogP contribution in [0, 0.1) is 0 Å². The van der Waals surface area contributed by atoms with E-state index in [9.17, 15) is 9.59 Å². The van der Waals surface area contributed by atoms with Gasteiger partial charge in [-0.3, -0.25) is 0 Å². The topological polar surface area (TPSA) is 137 Å². The van der Waals surface area contributed by atoms with E-state index in [-0.39, 0.29) is 23.1 Å². The number of rotatable bonds is 11. The van der Waals surface area contributed by atoms with Gasteiger partial charge in [0.05, 0.1) is 10.0 Å². The highest BCUT2D eigenvalue weighted by Crippen LogP contribution is 2.16. The molecule has 10 nitrogen and oxygen atoms in total. The number of amides is 2. The fourth-order valence-electron chi connectivity index (χ4n) is 3.02. The van der Waals surface area contributed by atoms with Gasteiger partial charge in [0.2, 0.25) is 0 Å². The van der Waals surface area contributed by atoms with Crippen LogP contribution >= 0.6 is 47.1 Å². The van der Waals surface area contributed by atoms with Crippen LogP contribution < -0.4 is 11.5 Å². The van der Waals surface area contributed by atoms with Gasteiger partial charge in [-0.1, -0.05) is 24.4 Å².